The summed E-state index contributed by atoms with van der Waals surface area (Å²) < 4.78 is 46.1. The highest BCUT2D eigenvalue weighted by molar-refractivity contribution is 7.48. The lowest BCUT2D eigenvalue weighted by atomic mass is 10.1. The molecule has 0 aromatic heterocycles. The van der Waals surface area contributed by atoms with E-state index in [4.69, 9.17) is 27.8 Å². The van der Waals surface area contributed by atoms with Gasteiger partial charge in [-0.25, -0.2) is 9.36 Å². The Bertz CT molecular complexity index is 927. The van der Waals surface area contributed by atoms with Crippen LogP contribution in [0.15, 0.2) is 0 Å². The highest BCUT2D eigenvalue weighted by Gasteiger charge is 2.31. The van der Waals surface area contributed by atoms with E-state index < -0.39 is 45.0 Å². The van der Waals surface area contributed by atoms with Crippen LogP contribution in [-0.4, -0.2) is 82.2 Å². The van der Waals surface area contributed by atoms with Gasteiger partial charge in [-0.2, -0.15) is 0 Å². The zero-order valence-corrected chi connectivity index (χ0v) is 34.9. The van der Waals surface area contributed by atoms with Crippen molar-refractivity contribution >= 4 is 25.7 Å². The molecule has 0 aromatic carbocycles. The maximum absolute atomic E-state index is 13.5. The highest BCUT2D eigenvalue weighted by Crippen LogP contribution is 2.49. The molecule has 2 atom stereocenters. The lowest BCUT2D eigenvalue weighted by Gasteiger charge is -2.32. The molecule has 0 fully saturated rings. The molecule has 12 heteroatoms. The van der Waals surface area contributed by atoms with Crippen molar-refractivity contribution in [1.82, 2.24) is 0 Å². The lowest BCUT2D eigenvalue weighted by Crippen LogP contribution is -2.35. The second-order valence-electron chi connectivity index (χ2n) is 14.7. The molecule has 52 heavy (non-hydrogen) atoms. The summed E-state index contributed by atoms with van der Waals surface area (Å²) in [5.41, 5.74) is 0. The number of hydrogen-bond acceptors (Lipinski definition) is 10. The molecule has 2 unspecified atom stereocenters. The van der Waals surface area contributed by atoms with E-state index in [9.17, 15) is 18.9 Å². The minimum atomic E-state index is -4.29. The zero-order chi connectivity index (χ0) is 38.8. The van der Waals surface area contributed by atoms with Crippen LogP contribution >= 0.6 is 7.82 Å². The number of quaternary nitrogens is 1. The summed E-state index contributed by atoms with van der Waals surface area (Å²) in [6, 6.07) is 0. The van der Waals surface area contributed by atoms with Gasteiger partial charge in [0.1, 0.15) is 13.2 Å². The van der Waals surface area contributed by atoms with Crippen LogP contribution in [0.1, 0.15) is 175 Å². The standard InChI is InChI=1S/C40H78NO10P/c1-7-10-12-14-16-18-20-22-24-26-28-30-38(42)47-34-37(51-39(43)31-29-27-25-23-21-19-17-15-13-11-8-2)35-49-52(45,48-33-32-41(4,5)6)50-36-40(44)46-9-3/h37H,4,7-36H2,1-3,5-6H3. The Hall–Kier alpha value is -1.52. The Balaban J connectivity index is 4.95. The third-order valence-corrected chi connectivity index (χ3v) is 10.1. The molecule has 0 aliphatic rings. The highest BCUT2D eigenvalue weighted by atomic mass is 31.2. The van der Waals surface area contributed by atoms with Crippen molar-refractivity contribution in [2.75, 3.05) is 53.7 Å². The zero-order valence-electron chi connectivity index (χ0n) is 34.0. The SMILES string of the molecule is [CH2-][N+](C)(C)CCOP(=O)(OCC(=O)OCC)OCC(COC(=O)CCCCCCCCCCCCC)OC(=O)CCCCCCCCCCCCC. The van der Waals surface area contributed by atoms with Crippen LogP contribution in [0, 0.1) is 7.05 Å². The van der Waals surface area contributed by atoms with Gasteiger partial charge in [0.2, 0.25) is 0 Å². The van der Waals surface area contributed by atoms with Crippen molar-refractivity contribution in [1.29, 1.82) is 0 Å². The number of carbonyl (C=O) groups is 3. The molecule has 0 N–H and O–H groups in total. The number of hydrogen-bond donors (Lipinski definition) is 0. The van der Waals surface area contributed by atoms with E-state index in [1.54, 1.807) is 6.92 Å². The van der Waals surface area contributed by atoms with E-state index in [0.29, 0.717) is 13.0 Å². The summed E-state index contributed by atoms with van der Waals surface area (Å²) in [5.74, 6) is -1.57. The molecule has 0 saturated carbocycles. The van der Waals surface area contributed by atoms with Crippen molar-refractivity contribution in [2.24, 2.45) is 0 Å². The van der Waals surface area contributed by atoms with Gasteiger partial charge >= 0.3 is 25.7 Å². The van der Waals surface area contributed by atoms with E-state index in [2.05, 4.69) is 20.9 Å². The van der Waals surface area contributed by atoms with Gasteiger partial charge in [-0.15, -0.1) is 7.05 Å². The molecule has 0 saturated heterocycles. The topological polar surface area (TPSA) is 124 Å². The van der Waals surface area contributed by atoms with Crippen LogP contribution in [0.5, 0.6) is 0 Å². The molecule has 0 amide bonds. The first kappa shape index (κ1) is 50.5. The van der Waals surface area contributed by atoms with Crippen LogP contribution in [-0.2, 0) is 46.7 Å². The fourth-order valence-corrected chi connectivity index (χ4v) is 6.65. The van der Waals surface area contributed by atoms with Crippen LogP contribution in [0.2, 0.25) is 0 Å². The fraction of sp³-hybridized carbons (Fsp3) is 0.900. The maximum atomic E-state index is 13.5. The van der Waals surface area contributed by atoms with E-state index in [1.807, 2.05) is 14.1 Å². The Morgan fingerprint density at radius 1 is 0.558 bits per heavy atom. The van der Waals surface area contributed by atoms with Gasteiger partial charge in [-0.05, 0) is 19.8 Å². The number of rotatable bonds is 38. The maximum Gasteiger partial charge on any atom is 0.475 e. The Labute approximate surface area is 318 Å². The Morgan fingerprint density at radius 2 is 1.00 bits per heavy atom. The molecule has 0 aromatic rings. The molecule has 0 spiro atoms. The summed E-state index contributed by atoms with van der Waals surface area (Å²) in [6.07, 6.45) is 25.2. The van der Waals surface area contributed by atoms with E-state index in [0.717, 1.165) is 38.5 Å². The lowest BCUT2D eigenvalue weighted by molar-refractivity contribution is -0.845. The minimum absolute atomic E-state index is 0.0339. The number of carbonyl (C=O) groups excluding carboxylic acids is 3. The average Bonchev–Trinajstić information content (AvgIpc) is 3.09. The molecular weight excluding hydrogens is 685 g/mol. The van der Waals surface area contributed by atoms with Gasteiger partial charge in [0.15, 0.2) is 12.7 Å². The van der Waals surface area contributed by atoms with Crippen molar-refractivity contribution in [2.45, 2.75) is 181 Å². The Morgan fingerprint density at radius 3 is 1.44 bits per heavy atom. The molecule has 0 aliphatic heterocycles. The first-order chi connectivity index (χ1) is 24.9. The number of phosphoric acid groups is 1. The summed E-state index contributed by atoms with van der Waals surface area (Å²) in [7, 11) is 3.35. The second-order valence-corrected chi connectivity index (χ2v) is 16.3. The van der Waals surface area contributed by atoms with Gasteiger partial charge in [0.25, 0.3) is 0 Å². The number of unbranched alkanes of at least 4 members (excludes halogenated alkanes) is 20. The number of phosphoric ester groups is 1. The normalized spacial score (nSPS) is 13.4. The summed E-state index contributed by atoms with van der Waals surface area (Å²) in [5, 5.41) is 0. The second kappa shape index (κ2) is 34.0. The van der Waals surface area contributed by atoms with Crippen molar-refractivity contribution < 1.29 is 51.2 Å². The molecule has 0 aliphatic carbocycles. The third-order valence-electron chi connectivity index (χ3n) is 8.71. The molecule has 0 rings (SSSR count). The van der Waals surface area contributed by atoms with E-state index >= 15 is 0 Å². The van der Waals surface area contributed by atoms with Gasteiger partial charge in [-0.1, -0.05) is 142 Å². The largest absolute Gasteiger partial charge is 0.475 e. The average molecular weight is 764 g/mol. The smallest absolute Gasteiger partial charge is 0.464 e. The monoisotopic (exact) mass is 764 g/mol. The molecular formula is C40H78NO10P. The van der Waals surface area contributed by atoms with Crippen molar-refractivity contribution in [3.8, 4) is 0 Å². The van der Waals surface area contributed by atoms with Gasteiger partial charge in [0, 0.05) is 26.9 Å². The molecule has 0 bridgehead atoms. The number of esters is 3. The quantitative estimate of drug-likeness (QED) is 0.0150. The number of likely N-dealkylation sites (N-methyl/N-ethyl adjacent to an activating group) is 1. The van der Waals surface area contributed by atoms with Crippen molar-refractivity contribution in [3.63, 3.8) is 0 Å². The van der Waals surface area contributed by atoms with Crippen molar-refractivity contribution in [3.05, 3.63) is 7.05 Å². The van der Waals surface area contributed by atoms with Gasteiger partial charge in [0.05, 0.1) is 19.8 Å². The predicted molar refractivity (Wildman–Crippen MR) is 207 cm³/mol. The van der Waals surface area contributed by atoms with Gasteiger partial charge < -0.3 is 18.7 Å². The summed E-state index contributed by atoms with van der Waals surface area (Å²) in [6.45, 7) is 5.25. The molecule has 0 radical (unpaired) electrons. The molecule has 308 valence electrons. The predicted octanol–water partition coefficient (Wildman–Crippen LogP) is 10.4. The number of nitrogens with zero attached hydrogens (tertiary/aromatic N) is 1. The fourth-order valence-electron chi connectivity index (χ4n) is 5.51. The minimum Gasteiger partial charge on any atom is -0.464 e. The van der Waals surface area contributed by atoms with E-state index in [1.165, 1.54) is 96.3 Å². The number of ether oxygens (including phenoxy) is 3. The van der Waals surface area contributed by atoms with Crippen LogP contribution < -0.4 is 0 Å². The van der Waals surface area contributed by atoms with Crippen LogP contribution in [0.3, 0.4) is 0 Å². The first-order valence-corrected chi connectivity index (χ1v) is 22.1. The van der Waals surface area contributed by atoms with E-state index in [-0.39, 0.29) is 37.1 Å². The van der Waals surface area contributed by atoms with Crippen LogP contribution in [0.25, 0.3) is 0 Å². The summed E-state index contributed by atoms with van der Waals surface area (Å²) in [4.78, 5) is 37.3. The van der Waals surface area contributed by atoms with Gasteiger partial charge in [-0.3, -0.25) is 23.2 Å². The first-order valence-electron chi connectivity index (χ1n) is 20.7. The third kappa shape index (κ3) is 34.3. The van der Waals surface area contributed by atoms with Crippen LogP contribution in [0.4, 0.5) is 0 Å². The molecule has 11 nitrogen and oxygen atoms in total. The summed E-state index contributed by atoms with van der Waals surface area (Å²) >= 11 is 0. The Kier molecular flexibility index (Phi) is 33.0. The molecule has 0 heterocycles.